The number of Topliss-reactive ketones (excluding diaryl/α,β-unsaturated/α-hetero) is 1. The minimum Gasteiger partial charge on any atom is -0.504 e. The van der Waals surface area contributed by atoms with Gasteiger partial charge in [-0.3, -0.25) is 4.79 Å². The van der Waals surface area contributed by atoms with Gasteiger partial charge in [0.25, 0.3) is 0 Å². The van der Waals surface area contributed by atoms with Crippen LogP contribution in [0.3, 0.4) is 0 Å². The van der Waals surface area contributed by atoms with E-state index in [1.54, 1.807) is 6.92 Å². The van der Waals surface area contributed by atoms with Crippen LogP contribution in [0.5, 0.6) is 11.5 Å². The van der Waals surface area contributed by atoms with Gasteiger partial charge in [-0.05, 0) is 19.1 Å². The van der Waals surface area contributed by atoms with E-state index in [2.05, 4.69) is 0 Å². The number of phenolic OH excluding ortho intramolecular Hbond substituents is 2. The Bertz CT molecular complexity index is 397. The number of benzene rings is 1. The van der Waals surface area contributed by atoms with Crippen molar-refractivity contribution in [2.24, 2.45) is 0 Å². The van der Waals surface area contributed by atoms with Crippen molar-refractivity contribution in [2.75, 3.05) is 0 Å². The van der Waals surface area contributed by atoms with E-state index < -0.39 is 6.10 Å². The van der Waals surface area contributed by atoms with Crippen molar-refractivity contribution in [2.45, 2.75) is 19.6 Å². The summed E-state index contributed by atoms with van der Waals surface area (Å²) in [5.41, 5.74) is 0.798. The van der Waals surface area contributed by atoms with E-state index >= 15 is 0 Å². The normalized spacial score (nSPS) is 20.6. The maximum absolute atomic E-state index is 11.6. The molecule has 74 valence electrons. The molecule has 0 unspecified atom stereocenters. The minimum atomic E-state index is -0.480. The van der Waals surface area contributed by atoms with Gasteiger partial charge in [0.1, 0.15) is 6.10 Å². The lowest BCUT2D eigenvalue weighted by atomic mass is 9.97. The van der Waals surface area contributed by atoms with E-state index in [0.717, 1.165) is 0 Å². The monoisotopic (exact) mass is 194 g/mol. The number of ether oxygens (including phenoxy) is 1. The van der Waals surface area contributed by atoms with Gasteiger partial charge >= 0.3 is 0 Å². The fourth-order valence-corrected chi connectivity index (χ4v) is 1.50. The molecule has 0 spiro atoms. The maximum atomic E-state index is 11.6. The molecule has 1 aromatic rings. The lowest BCUT2D eigenvalue weighted by Gasteiger charge is -2.21. The van der Waals surface area contributed by atoms with Gasteiger partial charge in [-0.2, -0.15) is 0 Å². The second-order valence-corrected chi connectivity index (χ2v) is 3.28. The van der Waals surface area contributed by atoms with Crippen molar-refractivity contribution < 1.29 is 19.7 Å². The summed E-state index contributed by atoms with van der Waals surface area (Å²) >= 11 is 0. The molecular weight excluding hydrogens is 184 g/mol. The summed E-state index contributed by atoms with van der Waals surface area (Å²) in [7, 11) is 0. The van der Waals surface area contributed by atoms with Gasteiger partial charge < -0.3 is 14.9 Å². The van der Waals surface area contributed by atoms with Crippen molar-refractivity contribution >= 4 is 5.78 Å². The van der Waals surface area contributed by atoms with E-state index in [4.69, 9.17) is 4.74 Å². The summed E-state index contributed by atoms with van der Waals surface area (Å²) in [5.74, 6) is -0.654. The van der Waals surface area contributed by atoms with Crippen LogP contribution < -0.4 is 0 Å². The van der Waals surface area contributed by atoms with Gasteiger partial charge in [-0.25, -0.2) is 0 Å². The Morgan fingerprint density at radius 1 is 1.43 bits per heavy atom. The van der Waals surface area contributed by atoms with Crippen LogP contribution in [-0.4, -0.2) is 22.1 Å². The smallest absolute Gasteiger partial charge is 0.191 e. The first-order valence-corrected chi connectivity index (χ1v) is 4.31. The van der Waals surface area contributed by atoms with Crippen LogP contribution >= 0.6 is 0 Å². The summed E-state index contributed by atoms with van der Waals surface area (Å²) in [6.07, 6.45) is -0.480. The molecule has 1 aromatic carbocycles. The molecule has 1 aliphatic rings. The third kappa shape index (κ3) is 1.15. The molecule has 1 atom stereocenters. The number of phenols is 2. The number of hydrogen-bond acceptors (Lipinski definition) is 4. The summed E-state index contributed by atoms with van der Waals surface area (Å²) in [4.78, 5) is 11.6. The number of rotatable bonds is 0. The first kappa shape index (κ1) is 9.02. The summed E-state index contributed by atoms with van der Waals surface area (Å²) in [5, 5.41) is 18.7. The van der Waals surface area contributed by atoms with Crippen LogP contribution in [0.4, 0.5) is 0 Å². The molecule has 4 nitrogen and oxygen atoms in total. The minimum absolute atomic E-state index is 0.155. The van der Waals surface area contributed by atoms with Gasteiger partial charge in [0.05, 0.1) is 6.61 Å². The van der Waals surface area contributed by atoms with Gasteiger partial charge in [0.15, 0.2) is 17.3 Å². The fourth-order valence-electron chi connectivity index (χ4n) is 1.50. The second kappa shape index (κ2) is 2.99. The molecule has 0 aliphatic carbocycles. The van der Waals surface area contributed by atoms with Crippen LogP contribution in [0.2, 0.25) is 0 Å². The van der Waals surface area contributed by atoms with Crippen molar-refractivity contribution in [3.05, 3.63) is 23.3 Å². The average Bonchev–Trinajstić information content (AvgIpc) is 2.17. The fraction of sp³-hybridized carbons (Fsp3) is 0.300. The predicted octanol–water partition coefficient (Wildman–Crippen LogP) is 1.20. The Kier molecular flexibility index (Phi) is 1.93. The number of carbonyl (C=O) groups is 1. The quantitative estimate of drug-likeness (QED) is 0.609. The zero-order chi connectivity index (χ0) is 10.3. The van der Waals surface area contributed by atoms with Crippen molar-refractivity contribution in [3.63, 3.8) is 0 Å². The van der Waals surface area contributed by atoms with E-state index in [9.17, 15) is 15.0 Å². The largest absolute Gasteiger partial charge is 0.504 e. The standard InChI is InChI=1S/C10H10O4/c1-5-9(12)6-2-3-8(11)10(13)7(6)4-14-5/h2-3,5,11,13H,4H2,1H3/t5-/m1/s1. The molecule has 0 amide bonds. The molecule has 0 saturated carbocycles. The topological polar surface area (TPSA) is 66.8 Å². The van der Waals surface area contributed by atoms with Gasteiger partial charge in [-0.15, -0.1) is 0 Å². The van der Waals surface area contributed by atoms with Gasteiger partial charge in [0.2, 0.25) is 0 Å². The first-order valence-electron chi connectivity index (χ1n) is 4.31. The van der Waals surface area contributed by atoms with Gasteiger partial charge in [-0.1, -0.05) is 0 Å². The van der Waals surface area contributed by atoms with Gasteiger partial charge in [0, 0.05) is 11.1 Å². The van der Waals surface area contributed by atoms with Crippen molar-refractivity contribution in [1.29, 1.82) is 0 Å². The zero-order valence-corrected chi connectivity index (χ0v) is 7.65. The summed E-state index contributed by atoms with van der Waals surface area (Å²) in [6.45, 7) is 1.82. The number of hydrogen-bond donors (Lipinski definition) is 2. The Labute approximate surface area is 80.7 Å². The average molecular weight is 194 g/mol. The highest BCUT2D eigenvalue weighted by atomic mass is 16.5. The molecule has 0 fully saturated rings. The molecule has 0 radical (unpaired) electrons. The molecule has 1 heterocycles. The zero-order valence-electron chi connectivity index (χ0n) is 7.65. The van der Waals surface area contributed by atoms with E-state index in [1.165, 1.54) is 12.1 Å². The number of aromatic hydroxyl groups is 2. The number of carbonyl (C=O) groups excluding carboxylic acids is 1. The Morgan fingerprint density at radius 2 is 2.14 bits per heavy atom. The molecule has 0 bridgehead atoms. The maximum Gasteiger partial charge on any atom is 0.191 e. The molecule has 1 aliphatic heterocycles. The first-order chi connectivity index (χ1) is 6.61. The number of fused-ring (bicyclic) bond motifs is 1. The Morgan fingerprint density at radius 3 is 2.86 bits per heavy atom. The van der Waals surface area contributed by atoms with Crippen molar-refractivity contribution in [3.8, 4) is 11.5 Å². The summed E-state index contributed by atoms with van der Waals surface area (Å²) in [6, 6.07) is 2.82. The lowest BCUT2D eigenvalue weighted by molar-refractivity contribution is 0.0327. The van der Waals surface area contributed by atoms with Crippen LogP contribution in [0.1, 0.15) is 22.8 Å². The van der Waals surface area contributed by atoms with Crippen LogP contribution in [0, 0.1) is 0 Å². The highest BCUT2D eigenvalue weighted by Crippen LogP contribution is 2.34. The molecular formula is C10H10O4. The second-order valence-electron chi connectivity index (χ2n) is 3.28. The molecule has 0 saturated heterocycles. The Hall–Kier alpha value is -1.55. The summed E-state index contributed by atoms with van der Waals surface area (Å²) < 4.78 is 5.13. The highest BCUT2D eigenvalue weighted by Gasteiger charge is 2.27. The van der Waals surface area contributed by atoms with E-state index in [0.29, 0.717) is 11.1 Å². The molecule has 14 heavy (non-hydrogen) atoms. The molecule has 0 aromatic heterocycles. The molecule has 2 N–H and O–H groups in total. The molecule has 4 heteroatoms. The van der Waals surface area contributed by atoms with E-state index in [-0.39, 0.29) is 23.9 Å². The third-order valence-corrected chi connectivity index (χ3v) is 2.37. The molecule has 2 rings (SSSR count). The van der Waals surface area contributed by atoms with Crippen molar-refractivity contribution in [1.82, 2.24) is 0 Å². The Balaban J connectivity index is 2.59. The van der Waals surface area contributed by atoms with Crippen LogP contribution in [0.15, 0.2) is 12.1 Å². The predicted molar refractivity (Wildman–Crippen MR) is 48.4 cm³/mol. The van der Waals surface area contributed by atoms with E-state index in [1.807, 2.05) is 0 Å². The lowest BCUT2D eigenvalue weighted by Crippen LogP contribution is -2.27. The highest BCUT2D eigenvalue weighted by molar-refractivity contribution is 6.02. The van der Waals surface area contributed by atoms with Crippen LogP contribution in [0.25, 0.3) is 0 Å². The van der Waals surface area contributed by atoms with Crippen LogP contribution in [-0.2, 0) is 11.3 Å². The third-order valence-electron chi connectivity index (χ3n) is 2.37. The number of ketones is 1. The SMILES string of the molecule is C[C@H]1OCc2c(ccc(O)c2O)C1=O.